The van der Waals surface area contributed by atoms with Crippen LogP contribution in [0.15, 0.2) is 54.6 Å². The van der Waals surface area contributed by atoms with Crippen molar-refractivity contribution in [3.8, 4) is 0 Å². The number of anilines is 1. The number of aliphatic hydroxyl groups is 1. The molecular formula is C16H17FN2O2. The summed E-state index contributed by atoms with van der Waals surface area (Å²) in [6.07, 6.45) is -0.688. The van der Waals surface area contributed by atoms with Gasteiger partial charge in [0.2, 0.25) is 5.91 Å². The molecule has 0 aliphatic heterocycles. The van der Waals surface area contributed by atoms with Crippen LogP contribution >= 0.6 is 0 Å². The Hall–Kier alpha value is -2.24. The third kappa shape index (κ3) is 4.66. The number of nitrogens with one attached hydrogen (secondary N) is 2. The van der Waals surface area contributed by atoms with Crippen molar-refractivity contribution in [2.24, 2.45) is 0 Å². The van der Waals surface area contributed by atoms with Crippen LogP contribution in [-0.2, 0) is 4.79 Å². The molecule has 0 spiro atoms. The van der Waals surface area contributed by atoms with E-state index in [1.165, 1.54) is 12.1 Å². The van der Waals surface area contributed by atoms with Crippen LogP contribution in [0.3, 0.4) is 0 Å². The lowest BCUT2D eigenvalue weighted by Gasteiger charge is -2.12. The average Bonchev–Trinajstić information content (AvgIpc) is 2.50. The van der Waals surface area contributed by atoms with E-state index in [2.05, 4.69) is 10.6 Å². The van der Waals surface area contributed by atoms with Crippen molar-refractivity contribution in [1.29, 1.82) is 0 Å². The fourth-order valence-corrected chi connectivity index (χ4v) is 1.87. The third-order valence-corrected chi connectivity index (χ3v) is 2.96. The molecule has 5 heteroatoms. The van der Waals surface area contributed by atoms with Crippen LogP contribution < -0.4 is 10.6 Å². The van der Waals surface area contributed by atoms with Crippen LogP contribution in [0.1, 0.15) is 11.7 Å². The Kier molecular flexibility index (Phi) is 5.43. The third-order valence-electron chi connectivity index (χ3n) is 2.96. The van der Waals surface area contributed by atoms with Crippen molar-refractivity contribution in [2.45, 2.75) is 6.10 Å². The zero-order valence-electron chi connectivity index (χ0n) is 11.4. The molecule has 0 saturated heterocycles. The highest BCUT2D eigenvalue weighted by atomic mass is 19.1. The van der Waals surface area contributed by atoms with Gasteiger partial charge in [0.05, 0.1) is 18.3 Å². The molecule has 0 aliphatic carbocycles. The minimum absolute atomic E-state index is 0.00176. The van der Waals surface area contributed by atoms with Crippen molar-refractivity contribution in [1.82, 2.24) is 5.32 Å². The largest absolute Gasteiger partial charge is 0.387 e. The number of hydrogen-bond donors (Lipinski definition) is 3. The van der Waals surface area contributed by atoms with E-state index in [0.717, 1.165) is 5.56 Å². The predicted molar refractivity (Wildman–Crippen MR) is 79.3 cm³/mol. The Bertz CT molecular complexity index is 590. The van der Waals surface area contributed by atoms with E-state index < -0.39 is 11.9 Å². The molecule has 2 rings (SSSR count). The van der Waals surface area contributed by atoms with Gasteiger partial charge in [-0.15, -0.1) is 0 Å². The number of carbonyl (C=O) groups is 1. The van der Waals surface area contributed by atoms with Crippen molar-refractivity contribution in [2.75, 3.05) is 18.4 Å². The first-order valence-electron chi connectivity index (χ1n) is 6.65. The summed E-state index contributed by atoms with van der Waals surface area (Å²) in [5.74, 6) is -0.837. The molecule has 0 aromatic heterocycles. The standard InChI is InChI=1S/C16H17FN2O2/c17-13-8-4-5-9-14(13)19-16(21)11-18-10-15(20)12-6-2-1-3-7-12/h1-9,15,18,20H,10-11H2,(H,19,21). The molecule has 4 nitrogen and oxygen atoms in total. The van der Waals surface area contributed by atoms with Gasteiger partial charge in [-0.25, -0.2) is 4.39 Å². The summed E-state index contributed by atoms with van der Waals surface area (Å²) in [6.45, 7) is 0.243. The number of carbonyl (C=O) groups excluding carboxylic acids is 1. The lowest BCUT2D eigenvalue weighted by atomic mass is 10.1. The summed E-state index contributed by atoms with van der Waals surface area (Å²) in [5, 5.41) is 15.2. The zero-order chi connectivity index (χ0) is 15.1. The summed E-state index contributed by atoms with van der Waals surface area (Å²) < 4.78 is 13.3. The molecule has 0 fully saturated rings. The molecule has 0 bridgehead atoms. The summed E-state index contributed by atoms with van der Waals surface area (Å²) >= 11 is 0. The highest BCUT2D eigenvalue weighted by Crippen LogP contribution is 2.12. The number of rotatable bonds is 6. The minimum atomic E-state index is -0.688. The Balaban J connectivity index is 1.76. The smallest absolute Gasteiger partial charge is 0.238 e. The molecule has 21 heavy (non-hydrogen) atoms. The van der Waals surface area contributed by atoms with Crippen molar-refractivity contribution in [3.63, 3.8) is 0 Å². The van der Waals surface area contributed by atoms with Gasteiger partial charge < -0.3 is 15.7 Å². The van der Waals surface area contributed by atoms with Gasteiger partial charge in [-0.05, 0) is 17.7 Å². The molecule has 0 radical (unpaired) electrons. The summed E-state index contributed by atoms with van der Waals surface area (Å²) in [5.41, 5.74) is 0.924. The second-order valence-corrected chi connectivity index (χ2v) is 4.59. The SMILES string of the molecule is O=C(CNCC(O)c1ccccc1)Nc1ccccc1F. The van der Waals surface area contributed by atoms with E-state index in [9.17, 15) is 14.3 Å². The first-order valence-corrected chi connectivity index (χ1v) is 6.65. The first-order chi connectivity index (χ1) is 10.2. The topological polar surface area (TPSA) is 61.4 Å². The number of aliphatic hydroxyl groups excluding tert-OH is 1. The molecule has 0 aliphatic rings. The van der Waals surface area contributed by atoms with Crippen LogP contribution in [0.4, 0.5) is 10.1 Å². The normalized spacial score (nSPS) is 11.9. The van der Waals surface area contributed by atoms with Crippen molar-refractivity contribution in [3.05, 3.63) is 66.0 Å². The molecular weight excluding hydrogens is 271 g/mol. The molecule has 1 atom stereocenters. The number of hydrogen-bond acceptors (Lipinski definition) is 3. The summed E-state index contributed by atoms with van der Waals surface area (Å²) in [6, 6.07) is 15.1. The fourth-order valence-electron chi connectivity index (χ4n) is 1.87. The van der Waals surface area contributed by atoms with Gasteiger partial charge in [-0.3, -0.25) is 4.79 Å². The van der Waals surface area contributed by atoms with E-state index in [-0.39, 0.29) is 24.7 Å². The molecule has 2 aromatic carbocycles. The minimum Gasteiger partial charge on any atom is -0.387 e. The maximum Gasteiger partial charge on any atom is 0.238 e. The van der Waals surface area contributed by atoms with E-state index >= 15 is 0 Å². The zero-order valence-corrected chi connectivity index (χ0v) is 11.4. The number of para-hydroxylation sites is 1. The van der Waals surface area contributed by atoms with Crippen LogP contribution in [0.2, 0.25) is 0 Å². The highest BCUT2D eigenvalue weighted by Gasteiger charge is 2.09. The van der Waals surface area contributed by atoms with Crippen molar-refractivity contribution >= 4 is 11.6 Å². The number of halogens is 1. The van der Waals surface area contributed by atoms with Gasteiger partial charge in [-0.2, -0.15) is 0 Å². The Labute approximate surface area is 122 Å². The van der Waals surface area contributed by atoms with Gasteiger partial charge >= 0.3 is 0 Å². The second-order valence-electron chi connectivity index (χ2n) is 4.59. The number of amides is 1. The molecule has 1 amide bonds. The highest BCUT2D eigenvalue weighted by molar-refractivity contribution is 5.92. The maximum absolute atomic E-state index is 13.3. The van der Waals surface area contributed by atoms with Crippen LogP contribution in [0.25, 0.3) is 0 Å². The predicted octanol–water partition coefficient (Wildman–Crippen LogP) is 2.09. The van der Waals surface area contributed by atoms with Crippen LogP contribution in [0.5, 0.6) is 0 Å². The molecule has 1 unspecified atom stereocenters. The average molecular weight is 288 g/mol. The van der Waals surface area contributed by atoms with E-state index in [1.807, 2.05) is 30.3 Å². The van der Waals surface area contributed by atoms with Gasteiger partial charge in [0, 0.05) is 6.54 Å². The molecule has 3 N–H and O–H groups in total. The van der Waals surface area contributed by atoms with Gasteiger partial charge in [-0.1, -0.05) is 42.5 Å². The van der Waals surface area contributed by atoms with E-state index in [0.29, 0.717) is 0 Å². The van der Waals surface area contributed by atoms with E-state index in [4.69, 9.17) is 0 Å². The molecule has 110 valence electrons. The molecule has 0 saturated carbocycles. The molecule has 0 heterocycles. The second kappa shape index (κ2) is 7.52. The Morgan fingerprint density at radius 3 is 2.48 bits per heavy atom. The lowest BCUT2D eigenvalue weighted by molar-refractivity contribution is -0.115. The van der Waals surface area contributed by atoms with Gasteiger partial charge in [0.1, 0.15) is 5.82 Å². The van der Waals surface area contributed by atoms with E-state index in [1.54, 1.807) is 12.1 Å². The molecule has 2 aromatic rings. The van der Waals surface area contributed by atoms with Gasteiger partial charge in [0.15, 0.2) is 0 Å². The monoisotopic (exact) mass is 288 g/mol. The Morgan fingerprint density at radius 2 is 1.76 bits per heavy atom. The lowest BCUT2D eigenvalue weighted by Crippen LogP contribution is -2.31. The summed E-state index contributed by atoms with van der Waals surface area (Å²) in [7, 11) is 0. The Morgan fingerprint density at radius 1 is 1.10 bits per heavy atom. The van der Waals surface area contributed by atoms with Crippen LogP contribution in [0, 0.1) is 5.82 Å². The quantitative estimate of drug-likeness (QED) is 0.762. The van der Waals surface area contributed by atoms with Crippen LogP contribution in [-0.4, -0.2) is 24.1 Å². The fraction of sp³-hybridized carbons (Fsp3) is 0.188. The van der Waals surface area contributed by atoms with Gasteiger partial charge in [0.25, 0.3) is 0 Å². The number of benzene rings is 2. The first kappa shape index (κ1) is 15.2. The summed E-state index contributed by atoms with van der Waals surface area (Å²) in [4.78, 5) is 11.7. The maximum atomic E-state index is 13.3. The van der Waals surface area contributed by atoms with Crippen molar-refractivity contribution < 1.29 is 14.3 Å².